The lowest BCUT2D eigenvalue weighted by Gasteiger charge is -2.17. The average Bonchev–Trinajstić information content (AvgIpc) is 2.16. The number of aliphatic hydroxyl groups excluding tert-OH is 1. The summed E-state index contributed by atoms with van der Waals surface area (Å²) in [6, 6.07) is 6.24. The van der Waals surface area contributed by atoms with Crippen molar-refractivity contribution in [3.05, 3.63) is 41.8 Å². The standard InChI is InChI=1S/C13H19O/c1-9(2)12-6-5-7-13(11(12)4)10(3)8-14/h5-7,9-10,14H,3,8H2,1-2,4H3. The number of hydrogen-bond acceptors (Lipinski definition) is 1. The molecule has 1 atom stereocenters. The summed E-state index contributed by atoms with van der Waals surface area (Å²) in [5, 5.41) is 9.08. The van der Waals surface area contributed by atoms with E-state index in [1.807, 2.05) is 6.07 Å². The van der Waals surface area contributed by atoms with Crippen molar-refractivity contribution in [2.24, 2.45) is 0 Å². The van der Waals surface area contributed by atoms with Gasteiger partial charge in [-0.25, -0.2) is 0 Å². The maximum absolute atomic E-state index is 9.08. The van der Waals surface area contributed by atoms with E-state index in [-0.39, 0.29) is 12.5 Å². The minimum atomic E-state index is -0.00583. The molecule has 0 aliphatic carbocycles. The summed E-state index contributed by atoms with van der Waals surface area (Å²) in [6.07, 6.45) is 0. The predicted molar refractivity (Wildman–Crippen MR) is 60.5 cm³/mol. The van der Waals surface area contributed by atoms with Gasteiger partial charge in [-0.15, -0.1) is 0 Å². The first kappa shape index (κ1) is 11.3. The highest BCUT2D eigenvalue weighted by molar-refractivity contribution is 5.38. The average molecular weight is 191 g/mol. The van der Waals surface area contributed by atoms with Gasteiger partial charge in [0.2, 0.25) is 0 Å². The lowest BCUT2D eigenvalue weighted by molar-refractivity contribution is 0.282. The van der Waals surface area contributed by atoms with Gasteiger partial charge in [-0.05, 0) is 36.5 Å². The van der Waals surface area contributed by atoms with Gasteiger partial charge in [0.25, 0.3) is 0 Å². The van der Waals surface area contributed by atoms with E-state index >= 15 is 0 Å². The number of benzene rings is 1. The molecule has 1 aromatic rings. The molecular formula is C13H19O. The summed E-state index contributed by atoms with van der Waals surface area (Å²) < 4.78 is 0. The third-order valence-electron chi connectivity index (χ3n) is 2.70. The van der Waals surface area contributed by atoms with Crippen LogP contribution in [0, 0.1) is 13.8 Å². The van der Waals surface area contributed by atoms with Crippen LogP contribution in [0.3, 0.4) is 0 Å². The van der Waals surface area contributed by atoms with Crippen LogP contribution in [-0.4, -0.2) is 11.7 Å². The lowest BCUT2D eigenvalue weighted by atomic mass is 9.89. The van der Waals surface area contributed by atoms with Crippen molar-refractivity contribution in [2.75, 3.05) is 6.61 Å². The van der Waals surface area contributed by atoms with Crippen molar-refractivity contribution in [2.45, 2.75) is 32.6 Å². The fraction of sp³-hybridized carbons (Fsp3) is 0.462. The zero-order valence-corrected chi connectivity index (χ0v) is 9.25. The second-order valence-corrected chi connectivity index (χ2v) is 4.10. The Morgan fingerprint density at radius 2 is 1.86 bits per heavy atom. The minimum absolute atomic E-state index is 0.00583. The highest BCUT2D eigenvalue weighted by atomic mass is 16.3. The first-order valence-electron chi connectivity index (χ1n) is 5.11. The summed E-state index contributed by atoms with van der Waals surface area (Å²) >= 11 is 0. The summed E-state index contributed by atoms with van der Waals surface area (Å²) in [6.45, 7) is 10.5. The van der Waals surface area contributed by atoms with E-state index in [1.165, 1.54) is 16.7 Å². The fourth-order valence-corrected chi connectivity index (χ4v) is 1.84. The van der Waals surface area contributed by atoms with Gasteiger partial charge in [0.1, 0.15) is 0 Å². The molecule has 1 N–H and O–H groups in total. The van der Waals surface area contributed by atoms with Crippen LogP contribution < -0.4 is 0 Å². The van der Waals surface area contributed by atoms with E-state index < -0.39 is 0 Å². The molecule has 14 heavy (non-hydrogen) atoms. The molecule has 0 fully saturated rings. The summed E-state index contributed by atoms with van der Waals surface area (Å²) in [4.78, 5) is 0. The van der Waals surface area contributed by atoms with Crippen LogP contribution in [0.2, 0.25) is 0 Å². The van der Waals surface area contributed by atoms with Crippen molar-refractivity contribution in [3.8, 4) is 0 Å². The third-order valence-corrected chi connectivity index (χ3v) is 2.70. The van der Waals surface area contributed by atoms with E-state index in [4.69, 9.17) is 5.11 Å². The molecule has 0 saturated carbocycles. The van der Waals surface area contributed by atoms with E-state index in [2.05, 4.69) is 39.8 Å². The second-order valence-electron chi connectivity index (χ2n) is 4.10. The van der Waals surface area contributed by atoms with Gasteiger partial charge < -0.3 is 5.11 Å². The van der Waals surface area contributed by atoms with Crippen LogP contribution in [-0.2, 0) is 0 Å². The second kappa shape index (κ2) is 4.61. The monoisotopic (exact) mass is 191 g/mol. The van der Waals surface area contributed by atoms with Gasteiger partial charge >= 0.3 is 0 Å². The predicted octanol–water partition coefficient (Wildman–Crippen LogP) is 3.03. The molecule has 1 aromatic carbocycles. The van der Waals surface area contributed by atoms with Crippen LogP contribution in [0.1, 0.15) is 42.4 Å². The number of rotatable bonds is 3. The van der Waals surface area contributed by atoms with E-state index in [0.29, 0.717) is 5.92 Å². The first-order chi connectivity index (χ1) is 6.57. The largest absolute Gasteiger partial charge is 0.396 e. The fourth-order valence-electron chi connectivity index (χ4n) is 1.84. The molecule has 0 bridgehead atoms. The van der Waals surface area contributed by atoms with Crippen LogP contribution in [0.15, 0.2) is 18.2 Å². The maximum Gasteiger partial charge on any atom is 0.0499 e. The highest BCUT2D eigenvalue weighted by Crippen LogP contribution is 2.26. The third kappa shape index (κ3) is 2.16. The number of aliphatic hydroxyl groups is 1. The van der Waals surface area contributed by atoms with Gasteiger partial charge in [0, 0.05) is 12.5 Å². The van der Waals surface area contributed by atoms with Gasteiger partial charge in [-0.3, -0.25) is 0 Å². The Kier molecular flexibility index (Phi) is 3.70. The quantitative estimate of drug-likeness (QED) is 0.778. The Morgan fingerprint density at radius 1 is 1.29 bits per heavy atom. The molecular weight excluding hydrogens is 172 g/mol. The van der Waals surface area contributed by atoms with Gasteiger partial charge in [-0.1, -0.05) is 32.0 Å². The molecule has 0 spiro atoms. The molecule has 1 heteroatoms. The van der Waals surface area contributed by atoms with Crippen molar-refractivity contribution in [1.82, 2.24) is 0 Å². The summed E-state index contributed by atoms with van der Waals surface area (Å²) in [7, 11) is 0. The molecule has 0 aliphatic rings. The molecule has 0 amide bonds. The molecule has 77 valence electrons. The SMILES string of the molecule is [CH2]C(CO)c1cccc(C(C)C)c1C. The topological polar surface area (TPSA) is 20.2 Å². The van der Waals surface area contributed by atoms with E-state index in [1.54, 1.807) is 0 Å². The van der Waals surface area contributed by atoms with Crippen molar-refractivity contribution >= 4 is 0 Å². The summed E-state index contributed by atoms with van der Waals surface area (Å²) in [5.74, 6) is 0.523. The Morgan fingerprint density at radius 3 is 2.36 bits per heavy atom. The molecule has 1 nitrogen and oxygen atoms in total. The number of hydrogen-bond donors (Lipinski definition) is 1. The van der Waals surface area contributed by atoms with Gasteiger partial charge in [0.05, 0.1) is 0 Å². The normalized spacial score (nSPS) is 13.3. The first-order valence-corrected chi connectivity index (χ1v) is 5.11. The van der Waals surface area contributed by atoms with E-state index in [0.717, 1.165) is 0 Å². The molecule has 1 radical (unpaired) electrons. The maximum atomic E-state index is 9.08. The van der Waals surface area contributed by atoms with Crippen LogP contribution in [0.5, 0.6) is 0 Å². The Labute approximate surface area is 86.8 Å². The lowest BCUT2D eigenvalue weighted by Crippen LogP contribution is -2.04. The van der Waals surface area contributed by atoms with E-state index in [9.17, 15) is 0 Å². The molecule has 0 heterocycles. The molecule has 0 aliphatic heterocycles. The smallest absolute Gasteiger partial charge is 0.0499 e. The van der Waals surface area contributed by atoms with Crippen LogP contribution >= 0.6 is 0 Å². The van der Waals surface area contributed by atoms with Crippen molar-refractivity contribution in [3.63, 3.8) is 0 Å². The van der Waals surface area contributed by atoms with Gasteiger partial charge in [0.15, 0.2) is 0 Å². The summed E-state index contributed by atoms with van der Waals surface area (Å²) in [5.41, 5.74) is 3.79. The zero-order chi connectivity index (χ0) is 10.7. The van der Waals surface area contributed by atoms with Crippen molar-refractivity contribution in [1.29, 1.82) is 0 Å². The van der Waals surface area contributed by atoms with Gasteiger partial charge in [-0.2, -0.15) is 0 Å². The van der Waals surface area contributed by atoms with Crippen LogP contribution in [0.4, 0.5) is 0 Å². The molecule has 0 aromatic heterocycles. The Balaban J connectivity index is 3.13. The Bertz CT molecular complexity index is 302. The minimum Gasteiger partial charge on any atom is -0.396 e. The zero-order valence-electron chi connectivity index (χ0n) is 9.25. The van der Waals surface area contributed by atoms with Crippen LogP contribution in [0.25, 0.3) is 0 Å². The molecule has 0 saturated heterocycles. The Hall–Kier alpha value is -0.820. The van der Waals surface area contributed by atoms with Crippen molar-refractivity contribution < 1.29 is 5.11 Å². The molecule has 1 unspecified atom stereocenters. The molecule has 1 rings (SSSR count). The highest BCUT2D eigenvalue weighted by Gasteiger charge is 2.11.